The molecule has 2 aromatic carbocycles. The predicted octanol–water partition coefficient (Wildman–Crippen LogP) is 4.30. The molecule has 2 unspecified atom stereocenters. The molecule has 0 bridgehead atoms. The van der Waals surface area contributed by atoms with E-state index in [0.29, 0.717) is 0 Å². The summed E-state index contributed by atoms with van der Waals surface area (Å²) in [6.07, 6.45) is 4.77. The Labute approximate surface area is 157 Å². The van der Waals surface area contributed by atoms with Crippen LogP contribution in [0, 0.1) is 0 Å². The molecule has 5 heteroatoms. The van der Waals surface area contributed by atoms with Gasteiger partial charge in [-0.05, 0) is 43.4 Å². The van der Waals surface area contributed by atoms with Crippen LogP contribution in [0.3, 0.4) is 0 Å². The number of amides is 1. The van der Waals surface area contributed by atoms with Crippen molar-refractivity contribution < 1.29 is 4.79 Å². The molecular formula is C21H21N3OS. The van der Waals surface area contributed by atoms with E-state index in [1.54, 1.807) is 6.33 Å². The number of thioether (sulfide) groups is 1. The number of aromatic nitrogens is 2. The second kappa shape index (κ2) is 7.46. The van der Waals surface area contributed by atoms with Gasteiger partial charge < -0.3 is 5.32 Å². The third-order valence-corrected chi connectivity index (χ3v) is 5.97. The summed E-state index contributed by atoms with van der Waals surface area (Å²) in [4.78, 5) is 21.5. The van der Waals surface area contributed by atoms with Crippen LogP contribution in [0.15, 0.2) is 59.9 Å². The van der Waals surface area contributed by atoms with Crippen molar-refractivity contribution in [1.29, 1.82) is 0 Å². The first-order valence-corrected chi connectivity index (χ1v) is 9.85. The molecule has 1 aliphatic carbocycles. The summed E-state index contributed by atoms with van der Waals surface area (Å²) in [5, 5.41) is 4.86. The van der Waals surface area contributed by atoms with E-state index in [-0.39, 0.29) is 17.2 Å². The van der Waals surface area contributed by atoms with Gasteiger partial charge in [-0.3, -0.25) is 4.79 Å². The average Bonchev–Trinajstić information content (AvgIpc) is 2.68. The zero-order valence-electron chi connectivity index (χ0n) is 14.7. The number of para-hydroxylation sites is 1. The molecule has 1 heterocycles. The number of carbonyl (C=O) groups is 1. The van der Waals surface area contributed by atoms with Gasteiger partial charge in [0, 0.05) is 5.39 Å². The molecule has 0 radical (unpaired) electrons. The molecule has 0 saturated heterocycles. The van der Waals surface area contributed by atoms with Gasteiger partial charge in [-0.15, -0.1) is 0 Å². The van der Waals surface area contributed by atoms with Crippen molar-refractivity contribution in [3.63, 3.8) is 0 Å². The molecule has 0 fully saturated rings. The quantitative estimate of drug-likeness (QED) is 0.554. The molecule has 0 saturated carbocycles. The number of hydrogen-bond donors (Lipinski definition) is 1. The van der Waals surface area contributed by atoms with E-state index in [1.165, 1.54) is 22.9 Å². The highest BCUT2D eigenvalue weighted by molar-refractivity contribution is 8.00. The molecule has 132 valence electrons. The number of aryl methyl sites for hydroxylation is 1. The van der Waals surface area contributed by atoms with E-state index < -0.39 is 0 Å². The van der Waals surface area contributed by atoms with Crippen LogP contribution in [-0.2, 0) is 11.2 Å². The van der Waals surface area contributed by atoms with Gasteiger partial charge in [0.05, 0.1) is 16.8 Å². The fourth-order valence-electron chi connectivity index (χ4n) is 3.49. The van der Waals surface area contributed by atoms with Crippen molar-refractivity contribution in [2.45, 2.75) is 42.5 Å². The number of rotatable bonds is 4. The van der Waals surface area contributed by atoms with Crippen molar-refractivity contribution in [2.75, 3.05) is 0 Å². The standard InChI is InChI=1S/C21H21N3OS/c1-14(26-21-17-10-4-5-11-18(17)22-13-23-21)20(25)24-19-12-6-8-15-7-2-3-9-16(15)19/h2-5,7,9-11,13-14,19H,6,8,12H2,1H3,(H,24,25). The Morgan fingerprint density at radius 3 is 2.88 bits per heavy atom. The molecule has 1 N–H and O–H groups in total. The van der Waals surface area contributed by atoms with Crippen molar-refractivity contribution >= 4 is 28.6 Å². The lowest BCUT2D eigenvalue weighted by Crippen LogP contribution is -2.35. The summed E-state index contributed by atoms with van der Waals surface area (Å²) in [7, 11) is 0. The van der Waals surface area contributed by atoms with Gasteiger partial charge in [0.25, 0.3) is 0 Å². The monoisotopic (exact) mass is 363 g/mol. The Morgan fingerprint density at radius 1 is 1.15 bits per heavy atom. The van der Waals surface area contributed by atoms with Gasteiger partial charge in [0.15, 0.2) is 0 Å². The Bertz CT molecular complexity index is 938. The number of nitrogens with zero attached hydrogens (tertiary/aromatic N) is 2. The molecule has 2 atom stereocenters. The van der Waals surface area contributed by atoms with Gasteiger partial charge in [-0.2, -0.15) is 0 Å². The van der Waals surface area contributed by atoms with Gasteiger partial charge in [-0.25, -0.2) is 9.97 Å². The molecule has 1 amide bonds. The second-order valence-corrected chi connectivity index (χ2v) is 7.94. The van der Waals surface area contributed by atoms with Crippen molar-refractivity contribution in [3.8, 4) is 0 Å². The fourth-order valence-corrected chi connectivity index (χ4v) is 4.41. The Hall–Kier alpha value is -2.40. The smallest absolute Gasteiger partial charge is 0.233 e. The van der Waals surface area contributed by atoms with Crippen molar-refractivity contribution in [2.24, 2.45) is 0 Å². The van der Waals surface area contributed by atoms with E-state index in [0.717, 1.165) is 35.2 Å². The Morgan fingerprint density at radius 2 is 1.96 bits per heavy atom. The first kappa shape index (κ1) is 17.0. The van der Waals surface area contributed by atoms with Crippen LogP contribution in [0.4, 0.5) is 0 Å². The normalized spacial score (nSPS) is 17.5. The van der Waals surface area contributed by atoms with Crippen LogP contribution in [0.2, 0.25) is 0 Å². The summed E-state index contributed by atoms with van der Waals surface area (Å²) in [6, 6.07) is 16.4. The van der Waals surface area contributed by atoms with Crippen LogP contribution < -0.4 is 5.32 Å². The number of hydrogen-bond acceptors (Lipinski definition) is 4. The van der Waals surface area contributed by atoms with E-state index >= 15 is 0 Å². The maximum absolute atomic E-state index is 12.8. The highest BCUT2D eigenvalue weighted by atomic mass is 32.2. The number of nitrogens with one attached hydrogen (secondary N) is 1. The number of carbonyl (C=O) groups excluding carboxylic acids is 1. The van der Waals surface area contributed by atoms with Crippen LogP contribution in [0.5, 0.6) is 0 Å². The minimum atomic E-state index is -0.220. The van der Waals surface area contributed by atoms with Crippen LogP contribution in [0.1, 0.15) is 36.9 Å². The molecule has 1 aliphatic rings. The van der Waals surface area contributed by atoms with Crippen LogP contribution >= 0.6 is 11.8 Å². The first-order valence-electron chi connectivity index (χ1n) is 8.97. The molecule has 0 spiro atoms. The van der Waals surface area contributed by atoms with E-state index in [2.05, 4.69) is 39.6 Å². The highest BCUT2D eigenvalue weighted by Gasteiger charge is 2.24. The molecule has 0 aliphatic heterocycles. The zero-order valence-corrected chi connectivity index (χ0v) is 15.5. The molecule has 26 heavy (non-hydrogen) atoms. The molecular weight excluding hydrogens is 342 g/mol. The van der Waals surface area contributed by atoms with Crippen LogP contribution in [0.25, 0.3) is 10.9 Å². The number of benzene rings is 2. The third kappa shape index (κ3) is 3.44. The van der Waals surface area contributed by atoms with E-state index in [9.17, 15) is 4.79 Å². The minimum absolute atomic E-state index is 0.0550. The van der Waals surface area contributed by atoms with Crippen molar-refractivity contribution in [1.82, 2.24) is 15.3 Å². The van der Waals surface area contributed by atoms with Gasteiger partial charge in [0.1, 0.15) is 11.4 Å². The molecule has 4 nitrogen and oxygen atoms in total. The summed E-state index contributed by atoms with van der Waals surface area (Å²) in [6.45, 7) is 1.94. The average molecular weight is 363 g/mol. The maximum atomic E-state index is 12.8. The summed E-state index contributed by atoms with van der Waals surface area (Å²) >= 11 is 1.49. The lowest BCUT2D eigenvalue weighted by Gasteiger charge is -2.27. The summed E-state index contributed by atoms with van der Waals surface area (Å²) in [5.41, 5.74) is 3.52. The molecule has 1 aromatic heterocycles. The van der Waals surface area contributed by atoms with E-state index in [1.807, 2.05) is 31.2 Å². The largest absolute Gasteiger partial charge is 0.348 e. The maximum Gasteiger partial charge on any atom is 0.233 e. The number of fused-ring (bicyclic) bond motifs is 2. The Kier molecular flexibility index (Phi) is 4.89. The molecule has 4 rings (SSSR count). The van der Waals surface area contributed by atoms with E-state index in [4.69, 9.17) is 0 Å². The fraction of sp³-hybridized carbons (Fsp3) is 0.286. The first-order chi connectivity index (χ1) is 12.7. The van der Waals surface area contributed by atoms with Gasteiger partial charge >= 0.3 is 0 Å². The SMILES string of the molecule is CC(Sc1ncnc2ccccc12)C(=O)NC1CCCc2ccccc21. The van der Waals surface area contributed by atoms with Gasteiger partial charge in [-0.1, -0.05) is 54.2 Å². The zero-order chi connectivity index (χ0) is 17.9. The minimum Gasteiger partial charge on any atom is -0.348 e. The third-order valence-electron chi connectivity index (χ3n) is 4.85. The second-order valence-electron chi connectivity index (χ2n) is 6.61. The summed E-state index contributed by atoms with van der Waals surface area (Å²) in [5.74, 6) is 0.0550. The molecule has 3 aromatic rings. The topological polar surface area (TPSA) is 54.9 Å². The Balaban J connectivity index is 1.49. The summed E-state index contributed by atoms with van der Waals surface area (Å²) < 4.78 is 0. The van der Waals surface area contributed by atoms with Gasteiger partial charge in [0.2, 0.25) is 5.91 Å². The lowest BCUT2D eigenvalue weighted by atomic mass is 9.88. The van der Waals surface area contributed by atoms with Crippen molar-refractivity contribution in [3.05, 3.63) is 66.0 Å². The highest BCUT2D eigenvalue weighted by Crippen LogP contribution is 2.31. The van der Waals surface area contributed by atoms with Crippen LogP contribution in [-0.4, -0.2) is 21.1 Å². The predicted molar refractivity (Wildman–Crippen MR) is 105 cm³/mol. The lowest BCUT2D eigenvalue weighted by molar-refractivity contribution is -0.121.